The third-order valence-corrected chi connectivity index (χ3v) is 4.24. The molecule has 30 heavy (non-hydrogen) atoms. The summed E-state index contributed by atoms with van der Waals surface area (Å²) in [6.45, 7) is 0.918. The third-order valence-electron chi connectivity index (χ3n) is 4.24. The van der Waals surface area contributed by atoms with Crippen molar-refractivity contribution in [1.29, 1.82) is 0 Å². The van der Waals surface area contributed by atoms with Gasteiger partial charge in [0.15, 0.2) is 12.3 Å². The first-order valence-electron chi connectivity index (χ1n) is 8.69. The Morgan fingerprint density at radius 3 is 2.33 bits per heavy atom. The second-order valence-corrected chi connectivity index (χ2v) is 6.35. The average Bonchev–Trinajstić information content (AvgIpc) is 2.98. The molecule has 0 spiro atoms. The van der Waals surface area contributed by atoms with E-state index in [1.165, 1.54) is 32.9 Å². The molecular formula is C19H19F3N4O4. The van der Waals surface area contributed by atoms with E-state index < -0.39 is 24.3 Å². The number of carbonyl (C=O) groups excluding carboxylic acids is 1. The molecule has 0 aliphatic rings. The van der Waals surface area contributed by atoms with Crippen molar-refractivity contribution in [3.05, 3.63) is 35.5 Å². The van der Waals surface area contributed by atoms with Crippen molar-refractivity contribution in [3.63, 3.8) is 0 Å². The number of pyridine rings is 1. The van der Waals surface area contributed by atoms with Crippen molar-refractivity contribution in [2.75, 3.05) is 26.1 Å². The van der Waals surface area contributed by atoms with E-state index in [-0.39, 0.29) is 22.6 Å². The van der Waals surface area contributed by atoms with E-state index in [9.17, 15) is 18.0 Å². The Morgan fingerprint density at radius 2 is 1.77 bits per heavy atom. The Morgan fingerprint density at radius 1 is 1.13 bits per heavy atom. The minimum atomic E-state index is -4.63. The van der Waals surface area contributed by atoms with Gasteiger partial charge in [0.05, 0.1) is 30.9 Å². The van der Waals surface area contributed by atoms with E-state index in [1.807, 2.05) is 0 Å². The number of carbonyl (C=O) groups is 1. The number of nitrogens with one attached hydrogen (secondary N) is 1. The largest absolute Gasteiger partial charge is 0.497 e. The normalized spacial score (nSPS) is 11.4. The molecule has 0 bridgehead atoms. The Kier molecular flexibility index (Phi) is 5.72. The highest BCUT2D eigenvalue weighted by Crippen LogP contribution is 2.37. The van der Waals surface area contributed by atoms with Crippen LogP contribution in [0.15, 0.2) is 24.3 Å². The number of hydrogen-bond donors (Lipinski definition) is 1. The Bertz CT molecular complexity index is 1070. The fraction of sp³-hybridized carbons (Fsp3) is 0.316. The summed E-state index contributed by atoms with van der Waals surface area (Å²) in [5, 5.41) is 6.45. The molecule has 1 aromatic carbocycles. The van der Waals surface area contributed by atoms with Crippen molar-refractivity contribution in [1.82, 2.24) is 14.8 Å². The second-order valence-electron chi connectivity index (χ2n) is 6.35. The van der Waals surface area contributed by atoms with E-state index in [2.05, 4.69) is 15.4 Å². The zero-order chi connectivity index (χ0) is 22.1. The van der Waals surface area contributed by atoms with Crippen LogP contribution in [-0.4, -0.2) is 41.5 Å². The monoisotopic (exact) mass is 424 g/mol. The van der Waals surface area contributed by atoms with Gasteiger partial charge in [0.1, 0.15) is 11.5 Å². The van der Waals surface area contributed by atoms with Crippen molar-refractivity contribution in [2.24, 2.45) is 7.05 Å². The van der Waals surface area contributed by atoms with Gasteiger partial charge in [-0.05, 0) is 6.92 Å². The van der Waals surface area contributed by atoms with Gasteiger partial charge in [0.2, 0.25) is 5.88 Å². The summed E-state index contributed by atoms with van der Waals surface area (Å²) < 4.78 is 57.2. The van der Waals surface area contributed by atoms with E-state index >= 15 is 0 Å². The van der Waals surface area contributed by atoms with Gasteiger partial charge in [-0.25, -0.2) is 0 Å². The SMILES string of the molecule is COc1cc(NC(=O)COc2cc(C(F)(F)F)c3c(C)nn(C)c3n2)cc(OC)c1. The van der Waals surface area contributed by atoms with Crippen LogP contribution in [0.1, 0.15) is 11.3 Å². The minimum absolute atomic E-state index is 0.00950. The summed E-state index contributed by atoms with van der Waals surface area (Å²) in [7, 11) is 4.41. The fourth-order valence-electron chi connectivity index (χ4n) is 2.94. The van der Waals surface area contributed by atoms with E-state index in [0.29, 0.717) is 17.2 Å². The number of fused-ring (bicyclic) bond motifs is 1. The maximum Gasteiger partial charge on any atom is 0.417 e. The smallest absolute Gasteiger partial charge is 0.417 e. The first-order valence-corrected chi connectivity index (χ1v) is 8.69. The van der Waals surface area contributed by atoms with Crippen LogP contribution in [0.25, 0.3) is 11.0 Å². The maximum absolute atomic E-state index is 13.5. The molecule has 0 radical (unpaired) electrons. The summed E-state index contributed by atoms with van der Waals surface area (Å²) >= 11 is 0. The molecular weight excluding hydrogens is 405 g/mol. The zero-order valence-corrected chi connectivity index (χ0v) is 16.6. The van der Waals surface area contributed by atoms with E-state index in [1.54, 1.807) is 18.2 Å². The molecule has 3 rings (SSSR count). The molecule has 0 aliphatic carbocycles. The molecule has 0 fully saturated rings. The van der Waals surface area contributed by atoms with Crippen LogP contribution < -0.4 is 19.5 Å². The number of hydrogen-bond acceptors (Lipinski definition) is 6. The first-order chi connectivity index (χ1) is 14.1. The van der Waals surface area contributed by atoms with Gasteiger partial charge in [-0.3, -0.25) is 9.48 Å². The number of ether oxygens (including phenoxy) is 3. The van der Waals surface area contributed by atoms with Crippen LogP contribution in [0.2, 0.25) is 0 Å². The quantitative estimate of drug-likeness (QED) is 0.653. The van der Waals surface area contributed by atoms with Gasteiger partial charge in [-0.1, -0.05) is 0 Å². The Labute approximate surface area is 169 Å². The summed E-state index contributed by atoms with van der Waals surface area (Å²) in [5.41, 5.74) is -0.341. The van der Waals surface area contributed by atoms with Crippen LogP contribution >= 0.6 is 0 Å². The number of alkyl halides is 3. The lowest BCUT2D eigenvalue weighted by Gasteiger charge is -2.12. The standard InChI is InChI=1S/C19H19F3N4O4/c1-10-17-14(19(20,21)22)8-16(24-18(17)26(2)25-10)30-9-15(27)23-11-5-12(28-3)7-13(6-11)29-4/h5-8H,9H2,1-4H3,(H,23,27). The molecule has 11 heteroatoms. The third kappa shape index (κ3) is 4.39. The van der Waals surface area contributed by atoms with Crippen molar-refractivity contribution < 1.29 is 32.2 Å². The Balaban J connectivity index is 1.80. The number of aryl methyl sites for hydroxylation is 2. The average molecular weight is 424 g/mol. The number of aromatic nitrogens is 3. The van der Waals surface area contributed by atoms with Crippen molar-refractivity contribution in [3.8, 4) is 17.4 Å². The molecule has 3 aromatic rings. The molecule has 1 N–H and O–H groups in total. The van der Waals surface area contributed by atoms with Gasteiger partial charge < -0.3 is 19.5 Å². The van der Waals surface area contributed by atoms with Crippen LogP contribution in [0, 0.1) is 6.92 Å². The van der Waals surface area contributed by atoms with Gasteiger partial charge in [0, 0.05) is 37.0 Å². The molecule has 0 aliphatic heterocycles. The minimum Gasteiger partial charge on any atom is -0.497 e. The molecule has 2 heterocycles. The molecule has 1 amide bonds. The lowest BCUT2D eigenvalue weighted by molar-refractivity contribution is -0.136. The van der Waals surface area contributed by atoms with Crippen LogP contribution in [0.3, 0.4) is 0 Å². The predicted octanol–water partition coefficient (Wildman–Crippen LogP) is 3.33. The summed E-state index contributed by atoms with van der Waals surface area (Å²) in [4.78, 5) is 16.3. The highest BCUT2D eigenvalue weighted by Gasteiger charge is 2.35. The number of halogens is 3. The van der Waals surface area contributed by atoms with Crippen LogP contribution in [0.5, 0.6) is 17.4 Å². The molecule has 160 valence electrons. The lowest BCUT2D eigenvalue weighted by Crippen LogP contribution is -2.21. The summed E-state index contributed by atoms with van der Waals surface area (Å²) in [5.74, 6) is -0.0173. The second kappa shape index (κ2) is 8.09. The van der Waals surface area contributed by atoms with Gasteiger partial charge >= 0.3 is 6.18 Å². The van der Waals surface area contributed by atoms with Crippen molar-refractivity contribution >= 4 is 22.6 Å². The zero-order valence-electron chi connectivity index (χ0n) is 16.6. The molecule has 2 aromatic heterocycles. The molecule has 0 unspecified atom stereocenters. The number of rotatable bonds is 6. The fourth-order valence-corrected chi connectivity index (χ4v) is 2.94. The van der Waals surface area contributed by atoms with Gasteiger partial charge in [-0.2, -0.15) is 23.3 Å². The summed E-state index contributed by atoms with van der Waals surface area (Å²) in [6, 6.07) is 5.51. The molecule has 8 nitrogen and oxygen atoms in total. The molecule has 0 atom stereocenters. The number of anilines is 1. The van der Waals surface area contributed by atoms with Gasteiger partial charge in [0.25, 0.3) is 5.91 Å². The highest BCUT2D eigenvalue weighted by atomic mass is 19.4. The number of nitrogens with zero attached hydrogens (tertiary/aromatic N) is 3. The van der Waals surface area contributed by atoms with Crippen LogP contribution in [0.4, 0.5) is 18.9 Å². The maximum atomic E-state index is 13.5. The number of amides is 1. The summed E-state index contributed by atoms with van der Waals surface area (Å²) in [6.07, 6.45) is -4.63. The lowest BCUT2D eigenvalue weighted by atomic mass is 10.1. The van der Waals surface area contributed by atoms with Crippen LogP contribution in [-0.2, 0) is 18.0 Å². The number of benzene rings is 1. The van der Waals surface area contributed by atoms with E-state index in [4.69, 9.17) is 14.2 Å². The topological polar surface area (TPSA) is 87.5 Å². The van der Waals surface area contributed by atoms with E-state index in [0.717, 1.165) is 6.07 Å². The predicted molar refractivity (Wildman–Crippen MR) is 102 cm³/mol. The Hall–Kier alpha value is -3.50. The van der Waals surface area contributed by atoms with Crippen molar-refractivity contribution in [2.45, 2.75) is 13.1 Å². The molecule has 0 saturated heterocycles. The highest BCUT2D eigenvalue weighted by molar-refractivity contribution is 5.92. The molecule has 0 saturated carbocycles. The number of methoxy groups -OCH3 is 2. The first kappa shape index (κ1) is 21.2. The van der Waals surface area contributed by atoms with Gasteiger partial charge in [-0.15, -0.1) is 0 Å².